The van der Waals surface area contributed by atoms with Gasteiger partial charge >= 0.3 is 0 Å². The van der Waals surface area contributed by atoms with Gasteiger partial charge in [0.25, 0.3) is 0 Å². The minimum atomic E-state index is -0.794. The van der Waals surface area contributed by atoms with Crippen molar-refractivity contribution in [2.24, 2.45) is 11.8 Å². The summed E-state index contributed by atoms with van der Waals surface area (Å²) in [6.07, 6.45) is 2.56. The van der Waals surface area contributed by atoms with Gasteiger partial charge in [-0.3, -0.25) is 0 Å². The Morgan fingerprint density at radius 1 is 1.50 bits per heavy atom. The molecular weight excluding hydrogens is 128 g/mol. The Morgan fingerprint density at radius 3 is 2.80 bits per heavy atom. The van der Waals surface area contributed by atoms with E-state index in [4.69, 9.17) is 0 Å². The fourth-order valence-corrected chi connectivity index (χ4v) is 2.08. The zero-order valence-electron chi connectivity index (χ0n) is 6.25. The fraction of sp³-hybridized carbons (Fsp3) is 1.00. The minimum absolute atomic E-state index is 0.420. The van der Waals surface area contributed by atoms with Crippen LogP contribution in [-0.2, 0) is 0 Å². The van der Waals surface area contributed by atoms with Crippen molar-refractivity contribution in [3.63, 3.8) is 0 Å². The Balaban J connectivity index is 2.11. The predicted octanol–water partition coefficient (Wildman–Crippen LogP) is 0.528. The molecule has 2 rings (SSSR count). The van der Waals surface area contributed by atoms with Crippen molar-refractivity contribution in [1.29, 1.82) is 0 Å². The second-order valence-electron chi connectivity index (χ2n) is 4.00. The highest BCUT2D eigenvalue weighted by molar-refractivity contribution is 5.03. The van der Waals surface area contributed by atoms with E-state index in [1.54, 1.807) is 6.92 Å². The average molecular weight is 142 g/mol. The lowest BCUT2D eigenvalue weighted by Gasteiger charge is -2.32. The van der Waals surface area contributed by atoms with Crippen LogP contribution in [-0.4, -0.2) is 21.9 Å². The molecule has 0 saturated heterocycles. The van der Waals surface area contributed by atoms with E-state index in [1.807, 2.05) is 0 Å². The van der Waals surface area contributed by atoms with Crippen LogP contribution in [0.25, 0.3) is 0 Å². The smallest absolute Gasteiger partial charge is 0.0880 e. The Morgan fingerprint density at radius 2 is 2.20 bits per heavy atom. The van der Waals surface area contributed by atoms with Gasteiger partial charge in [-0.25, -0.2) is 0 Å². The summed E-state index contributed by atoms with van der Waals surface area (Å²) in [6.45, 7) is 1.74. The molecule has 2 aliphatic rings. The number of aliphatic hydroxyl groups is 2. The van der Waals surface area contributed by atoms with Crippen LogP contribution in [0, 0.1) is 11.8 Å². The molecule has 0 amide bonds. The molecule has 0 spiro atoms. The van der Waals surface area contributed by atoms with E-state index in [0.29, 0.717) is 5.92 Å². The van der Waals surface area contributed by atoms with Gasteiger partial charge in [0.2, 0.25) is 0 Å². The standard InChI is InChI=1S/C8H14O2/c1-8(10)3-2-5-4-6(5)7(8)9/h5-7,9-10H,2-4H2,1H3/t5-,6+,7+,8+/m0/s1. The molecule has 10 heavy (non-hydrogen) atoms. The highest BCUT2D eigenvalue weighted by atomic mass is 16.3. The van der Waals surface area contributed by atoms with E-state index in [2.05, 4.69) is 0 Å². The first-order valence-corrected chi connectivity index (χ1v) is 4.02. The van der Waals surface area contributed by atoms with E-state index < -0.39 is 11.7 Å². The summed E-state index contributed by atoms with van der Waals surface area (Å²) in [5, 5.41) is 19.1. The largest absolute Gasteiger partial charge is 0.390 e. The van der Waals surface area contributed by atoms with E-state index in [9.17, 15) is 10.2 Å². The molecule has 0 aliphatic heterocycles. The van der Waals surface area contributed by atoms with Gasteiger partial charge in [0.1, 0.15) is 0 Å². The van der Waals surface area contributed by atoms with E-state index in [1.165, 1.54) is 0 Å². The van der Waals surface area contributed by atoms with Gasteiger partial charge in [0.15, 0.2) is 0 Å². The summed E-state index contributed by atoms with van der Waals surface area (Å²) in [4.78, 5) is 0. The van der Waals surface area contributed by atoms with Gasteiger partial charge in [0, 0.05) is 0 Å². The maximum Gasteiger partial charge on any atom is 0.0880 e. The summed E-state index contributed by atoms with van der Waals surface area (Å²) in [6, 6.07) is 0. The van der Waals surface area contributed by atoms with Crippen molar-refractivity contribution in [3.05, 3.63) is 0 Å². The van der Waals surface area contributed by atoms with Crippen LogP contribution < -0.4 is 0 Å². The number of hydrogen-bond donors (Lipinski definition) is 2. The third kappa shape index (κ3) is 0.789. The summed E-state index contributed by atoms with van der Waals surface area (Å²) >= 11 is 0. The quantitative estimate of drug-likeness (QED) is 0.518. The topological polar surface area (TPSA) is 40.5 Å². The minimum Gasteiger partial charge on any atom is -0.390 e. The molecule has 2 N–H and O–H groups in total. The maximum atomic E-state index is 9.59. The molecule has 2 aliphatic carbocycles. The molecule has 0 heterocycles. The Kier molecular flexibility index (Phi) is 1.15. The molecule has 2 fully saturated rings. The molecule has 0 aromatic rings. The highest BCUT2D eigenvalue weighted by Crippen LogP contribution is 2.52. The first kappa shape index (κ1) is 6.62. The molecule has 0 aromatic carbocycles. The van der Waals surface area contributed by atoms with Crippen molar-refractivity contribution < 1.29 is 10.2 Å². The van der Waals surface area contributed by atoms with Gasteiger partial charge in [-0.2, -0.15) is 0 Å². The Hall–Kier alpha value is -0.0800. The highest BCUT2D eigenvalue weighted by Gasteiger charge is 2.53. The van der Waals surface area contributed by atoms with Crippen LogP contribution in [0.15, 0.2) is 0 Å². The molecule has 58 valence electrons. The maximum absolute atomic E-state index is 9.59. The molecule has 0 bridgehead atoms. The third-order valence-corrected chi connectivity index (χ3v) is 3.04. The van der Waals surface area contributed by atoms with Crippen LogP contribution in [0.5, 0.6) is 0 Å². The second-order valence-corrected chi connectivity index (χ2v) is 4.00. The van der Waals surface area contributed by atoms with Crippen LogP contribution in [0.1, 0.15) is 26.2 Å². The lowest BCUT2D eigenvalue weighted by atomic mass is 9.84. The molecule has 0 unspecified atom stereocenters. The van der Waals surface area contributed by atoms with Crippen molar-refractivity contribution in [3.8, 4) is 0 Å². The zero-order chi connectivity index (χ0) is 7.35. The summed E-state index contributed by atoms with van der Waals surface area (Å²) in [7, 11) is 0. The molecule has 0 aromatic heterocycles. The van der Waals surface area contributed by atoms with Crippen LogP contribution >= 0.6 is 0 Å². The number of hydrogen-bond acceptors (Lipinski definition) is 2. The average Bonchev–Trinajstić information content (AvgIpc) is 2.58. The first-order valence-electron chi connectivity index (χ1n) is 4.02. The normalized spacial score (nSPS) is 59.7. The first-order chi connectivity index (χ1) is 4.61. The van der Waals surface area contributed by atoms with Gasteiger partial charge < -0.3 is 10.2 Å². The molecule has 4 atom stereocenters. The summed E-state index contributed by atoms with van der Waals surface area (Å²) in [5.74, 6) is 1.15. The Bertz CT molecular complexity index is 153. The zero-order valence-corrected chi connectivity index (χ0v) is 6.25. The van der Waals surface area contributed by atoms with Gasteiger partial charge in [-0.05, 0) is 38.0 Å². The van der Waals surface area contributed by atoms with Crippen molar-refractivity contribution >= 4 is 0 Å². The summed E-state index contributed by atoms with van der Waals surface area (Å²) in [5.41, 5.74) is -0.794. The Labute approximate surface area is 60.9 Å². The molecule has 2 nitrogen and oxygen atoms in total. The van der Waals surface area contributed by atoms with Crippen LogP contribution in [0.3, 0.4) is 0 Å². The summed E-state index contributed by atoms with van der Waals surface area (Å²) < 4.78 is 0. The molecule has 0 radical (unpaired) electrons. The fourth-order valence-electron chi connectivity index (χ4n) is 2.08. The SMILES string of the molecule is C[C@@]1(O)CC[C@H]2C[C@H]2[C@H]1O. The number of rotatable bonds is 0. The molecule has 2 heteroatoms. The second kappa shape index (κ2) is 1.74. The van der Waals surface area contributed by atoms with Crippen LogP contribution in [0.4, 0.5) is 0 Å². The lowest BCUT2D eigenvalue weighted by molar-refractivity contribution is -0.0932. The predicted molar refractivity (Wildman–Crippen MR) is 37.5 cm³/mol. The monoisotopic (exact) mass is 142 g/mol. The molecular formula is C8H14O2. The number of fused-ring (bicyclic) bond motifs is 1. The number of aliphatic hydroxyl groups excluding tert-OH is 1. The van der Waals surface area contributed by atoms with Crippen molar-refractivity contribution in [2.75, 3.05) is 0 Å². The van der Waals surface area contributed by atoms with Gasteiger partial charge in [-0.1, -0.05) is 0 Å². The van der Waals surface area contributed by atoms with E-state index in [-0.39, 0.29) is 0 Å². The van der Waals surface area contributed by atoms with Crippen LogP contribution in [0.2, 0.25) is 0 Å². The molecule has 2 saturated carbocycles. The van der Waals surface area contributed by atoms with Crippen molar-refractivity contribution in [1.82, 2.24) is 0 Å². The van der Waals surface area contributed by atoms with Crippen molar-refractivity contribution in [2.45, 2.75) is 37.9 Å². The third-order valence-electron chi connectivity index (χ3n) is 3.04. The van der Waals surface area contributed by atoms with Gasteiger partial charge in [0.05, 0.1) is 11.7 Å². The lowest BCUT2D eigenvalue weighted by Crippen LogP contribution is -2.43. The van der Waals surface area contributed by atoms with E-state index >= 15 is 0 Å². The van der Waals surface area contributed by atoms with Gasteiger partial charge in [-0.15, -0.1) is 0 Å². The van der Waals surface area contributed by atoms with E-state index in [0.717, 1.165) is 25.2 Å².